The van der Waals surface area contributed by atoms with E-state index in [1.54, 1.807) is 6.07 Å². The van der Waals surface area contributed by atoms with Gasteiger partial charge in [-0.25, -0.2) is 4.98 Å². The number of rotatable bonds is 3. The van der Waals surface area contributed by atoms with Crippen molar-refractivity contribution in [3.63, 3.8) is 0 Å². The van der Waals surface area contributed by atoms with Crippen molar-refractivity contribution < 1.29 is 18.3 Å². The van der Waals surface area contributed by atoms with Gasteiger partial charge in [-0.05, 0) is 28.7 Å². The van der Waals surface area contributed by atoms with Gasteiger partial charge in [-0.3, -0.25) is 0 Å². The van der Waals surface area contributed by atoms with Crippen LogP contribution < -0.4 is 9.47 Å². The van der Waals surface area contributed by atoms with E-state index in [2.05, 4.69) is 9.72 Å². The van der Waals surface area contributed by atoms with Gasteiger partial charge in [0.2, 0.25) is 5.75 Å². The van der Waals surface area contributed by atoms with E-state index in [-0.39, 0.29) is 11.6 Å². The Labute approximate surface area is 87.2 Å². The van der Waals surface area contributed by atoms with E-state index in [1.165, 1.54) is 13.3 Å². The predicted octanol–water partition coefficient (Wildman–Crippen LogP) is 2.30. The summed E-state index contributed by atoms with van der Waals surface area (Å²) in [6, 6.07) is 1.56. The number of pyridine rings is 1. The molecule has 13 heavy (non-hydrogen) atoms. The van der Waals surface area contributed by atoms with Crippen LogP contribution in [0.3, 0.4) is 0 Å². The topological polar surface area (TPSA) is 31.4 Å². The summed E-state index contributed by atoms with van der Waals surface area (Å²) in [5.74, 6) is 0.0350. The van der Waals surface area contributed by atoms with Crippen molar-refractivity contribution in [3.05, 3.63) is 15.8 Å². The lowest BCUT2D eigenvalue weighted by atomic mass is 10.4. The van der Waals surface area contributed by atoms with Crippen LogP contribution in [0.4, 0.5) is 8.78 Å². The Morgan fingerprint density at radius 3 is 2.77 bits per heavy atom. The summed E-state index contributed by atoms with van der Waals surface area (Å²) < 4.78 is 33.3. The zero-order valence-electron chi connectivity index (χ0n) is 6.63. The van der Waals surface area contributed by atoms with Crippen molar-refractivity contribution in [1.82, 2.24) is 4.98 Å². The largest absolute Gasteiger partial charge is 0.478 e. The first-order valence-electron chi connectivity index (χ1n) is 3.28. The third-order valence-corrected chi connectivity index (χ3v) is 2.07. The monoisotopic (exact) mass is 301 g/mol. The molecule has 0 aliphatic heterocycles. The Morgan fingerprint density at radius 1 is 1.54 bits per heavy atom. The predicted molar refractivity (Wildman–Crippen MR) is 50.1 cm³/mol. The second-order valence-electron chi connectivity index (χ2n) is 2.01. The quantitative estimate of drug-likeness (QED) is 0.803. The molecular formula is C7H6F2INO2. The van der Waals surface area contributed by atoms with Crippen LogP contribution in [0.5, 0.6) is 11.6 Å². The third-order valence-electron chi connectivity index (χ3n) is 1.22. The average Bonchev–Trinajstić information content (AvgIpc) is 2.08. The van der Waals surface area contributed by atoms with Gasteiger partial charge in [0.15, 0.2) is 0 Å². The molecule has 1 heterocycles. The minimum Gasteiger partial charge on any atom is -0.478 e. The van der Waals surface area contributed by atoms with Crippen LogP contribution in [0.15, 0.2) is 12.3 Å². The Morgan fingerprint density at radius 2 is 2.23 bits per heavy atom. The minimum absolute atomic E-state index is 0.0272. The molecule has 0 saturated heterocycles. The molecule has 0 amide bonds. The van der Waals surface area contributed by atoms with Crippen molar-refractivity contribution in [2.75, 3.05) is 7.11 Å². The van der Waals surface area contributed by atoms with Crippen LogP contribution >= 0.6 is 22.6 Å². The summed E-state index contributed by atoms with van der Waals surface area (Å²) in [6.45, 7) is -2.87. The van der Waals surface area contributed by atoms with E-state index >= 15 is 0 Å². The molecule has 1 rings (SSSR count). The number of halogens is 3. The minimum atomic E-state index is -2.87. The lowest BCUT2D eigenvalue weighted by Gasteiger charge is -2.09. The second-order valence-corrected chi connectivity index (χ2v) is 3.17. The van der Waals surface area contributed by atoms with Gasteiger partial charge in [0.1, 0.15) is 0 Å². The summed E-state index contributed by atoms with van der Waals surface area (Å²) in [7, 11) is 1.34. The van der Waals surface area contributed by atoms with Gasteiger partial charge in [0, 0.05) is 6.20 Å². The maximum Gasteiger partial charge on any atom is 0.387 e. The van der Waals surface area contributed by atoms with E-state index in [1.807, 2.05) is 22.6 Å². The SMILES string of the molecule is COc1nccc(I)c1OC(F)F. The van der Waals surface area contributed by atoms with Crippen LogP contribution in [0.1, 0.15) is 0 Å². The van der Waals surface area contributed by atoms with Gasteiger partial charge in [-0.2, -0.15) is 8.78 Å². The fraction of sp³-hybridized carbons (Fsp3) is 0.286. The summed E-state index contributed by atoms with van der Waals surface area (Å²) in [5.41, 5.74) is 0. The molecule has 0 spiro atoms. The molecule has 0 bridgehead atoms. The number of nitrogens with zero attached hydrogens (tertiary/aromatic N) is 1. The Balaban J connectivity index is 3.00. The maximum atomic E-state index is 11.9. The van der Waals surface area contributed by atoms with Crippen molar-refractivity contribution in [3.8, 4) is 11.6 Å². The summed E-state index contributed by atoms with van der Waals surface area (Å²) in [4.78, 5) is 3.73. The molecule has 72 valence electrons. The number of hydrogen-bond donors (Lipinski definition) is 0. The number of methoxy groups -OCH3 is 1. The fourth-order valence-corrected chi connectivity index (χ4v) is 1.27. The van der Waals surface area contributed by atoms with Gasteiger partial charge in [0.25, 0.3) is 5.88 Å². The van der Waals surface area contributed by atoms with E-state index in [4.69, 9.17) is 4.74 Å². The van der Waals surface area contributed by atoms with E-state index in [9.17, 15) is 8.78 Å². The maximum absolute atomic E-state index is 11.9. The van der Waals surface area contributed by atoms with Crippen molar-refractivity contribution in [2.45, 2.75) is 6.61 Å². The molecule has 0 aliphatic rings. The van der Waals surface area contributed by atoms with Crippen LogP contribution in [0.2, 0.25) is 0 Å². The van der Waals surface area contributed by atoms with Gasteiger partial charge in [-0.1, -0.05) is 0 Å². The number of hydrogen-bond acceptors (Lipinski definition) is 3. The lowest BCUT2D eigenvalue weighted by Crippen LogP contribution is -2.05. The van der Waals surface area contributed by atoms with Gasteiger partial charge < -0.3 is 9.47 Å². The fourth-order valence-electron chi connectivity index (χ4n) is 0.748. The lowest BCUT2D eigenvalue weighted by molar-refractivity contribution is -0.0521. The van der Waals surface area contributed by atoms with E-state index in [0.717, 1.165) is 0 Å². The van der Waals surface area contributed by atoms with Gasteiger partial charge >= 0.3 is 6.61 Å². The highest BCUT2D eigenvalue weighted by Gasteiger charge is 2.14. The molecule has 0 aromatic carbocycles. The molecule has 0 saturated carbocycles. The summed E-state index contributed by atoms with van der Waals surface area (Å²) in [5, 5.41) is 0. The first-order chi connectivity index (χ1) is 6.15. The molecule has 6 heteroatoms. The normalized spacial score (nSPS) is 10.2. The molecule has 0 fully saturated rings. The van der Waals surface area contributed by atoms with Crippen LogP contribution in [0, 0.1) is 3.57 Å². The van der Waals surface area contributed by atoms with E-state index in [0.29, 0.717) is 3.57 Å². The number of aromatic nitrogens is 1. The van der Waals surface area contributed by atoms with Gasteiger partial charge in [-0.15, -0.1) is 0 Å². The first-order valence-corrected chi connectivity index (χ1v) is 4.36. The smallest absolute Gasteiger partial charge is 0.387 e. The third kappa shape index (κ3) is 2.64. The Kier molecular flexibility index (Phi) is 3.64. The highest BCUT2D eigenvalue weighted by atomic mass is 127. The molecular weight excluding hydrogens is 295 g/mol. The Bertz CT molecular complexity index is 296. The zero-order chi connectivity index (χ0) is 9.84. The molecule has 1 aromatic rings. The van der Waals surface area contributed by atoms with Crippen LogP contribution in [-0.2, 0) is 0 Å². The molecule has 0 aliphatic carbocycles. The highest BCUT2D eigenvalue weighted by Crippen LogP contribution is 2.30. The highest BCUT2D eigenvalue weighted by molar-refractivity contribution is 14.1. The molecule has 0 atom stereocenters. The molecule has 0 unspecified atom stereocenters. The molecule has 0 radical (unpaired) electrons. The van der Waals surface area contributed by atoms with Crippen molar-refractivity contribution >= 4 is 22.6 Å². The first kappa shape index (κ1) is 10.4. The molecule has 0 N–H and O–H groups in total. The summed E-state index contributed by atoms with van der Waals surface area (Å²) >= 11 is 1.86. The average molecular weight is 301 g/mol. The summed E-state index contributed by atoms with van der Waals surface area (Å²) in [6.07, 6.45) is 1.46. The molecule has 1 aromatic heterocycles. The molecule has 3 nitrogen and oxygen atoms in total. The van der Waals surface area contributed by atoms with Crippen LogP contribution in [-0.4, -0.2) is 18.7 Å². The van der Waals surface area contributed by atoms with E-state index < -0.39 is 6.61 Å². The standard InChI is InChI=1S/C7H6F2INO2/c1-12-6-5(13-7(8)9)4(10)2-3-11-6/h2-3,7H,1H3. The number of ether oxygens (including phenoxy) is 2. The number of alkyl halides is 2. The van der Waals surface area contributed by atoms with Crippen LogP contribution in [0.25, 0.3) is 0 Å². The Hall–Kier alpha value is -0.660. The zero-order valence-corrected chi connectivity index (χ0v) is 8.79. The van der Waals surface area contributed by atoms with Crippen molar-refractivity contribution in [2.24, 2.45) is 0 Å². The second kappa shape index (κ2) is 4.54. The van der Waals surface area contributed by atoms with Crippen molar-refractivity contribution in [1.29, 1.82) is 0 Å². The van der Waals surface area contributed by atoms with Gasteiger partial charge in [0.05, 0.1) is 10.7 Å².